The molecule has 0 atom stereocenters. The molecule has 0 unspecified atom stereocenters. The van der Waals surface area contributed by atoms with Gasteiger partial charge in [-0.25, -0.2) is 13.4 Å². The topological polar surface area (TPSA) is 92.3 Å². The summed E-state index contributed by atoms with van der Waals surface area (Å²) in [6.07, 6.45) is 2.76. The third-order valence-electron chi connectivity index (χ3n) is 3.70. The van der Waals surface area contributed by atoms with Gasteiger partial charge in [0, 0.05) is 17.8 Å². The zero-order chi connectivity index (χ0) is 19.4. The van der Waals surface area contributed by atoms with Gasteiger partial charge >= 0.3 is 0 Å². The number of rotatable bonds is 6. The standard InChI is InChI=1S/C18H18N4O3S2/c1-13-5-7-15(8-6-13)22(27(24,25)16-4-3-9-19-10-16)11-17(23)21-18-20-14(2)12-26-18/h3-10,12H,11H2,1-2H3,(H,20,21,23). The lowest BCUT2D eigenvalue weighted by Gasteiger charge is -2.23. The van der Waals surface area contributed by atoms with Crippen molar-refractivity contribution in [2.75, 3.05) is 16.2 Å². The number of carbonyl (C=O) groups excluding carboxylic acids is 1. The minimum Gasteiger partial charge on any atom is -0.300 e. The number of benzene rings is 1. The lowest BCUT2D eigenvalue weighted by Crippen LogP contribution is -2.38. The van der Waals surface area contributed by atoms with Crippen molar-refractivity contribution in [1.29, 1.82) is 0 Å². The van der Waals surface area contributed by atoms with E-state index in [4.69, 9.17) is 0 Å². The van der Waals surface area contributed by atoms with Crippen LogP contribution in [-0.4, -0.2) is 30.8 Å². The number of nitrogens with zero attached hydrogens (tertiary/aromatic N) is 3. The summed E-state index contributed by atoms with van der Waals surface area (Å²) in [4.78, 5) is 20.5. The van der Waals surface area contributed by atoms with E-state index in [1.807, 2.05) is 13.8 Å². The number of aryl methyl sites for hydroxylation is 2. The van der Waals surface area contributed by atoms with E-state index < -0.39 is 15.9 Å². The molecule has 2 aromatic heterocycles. The molecule has 0 spiro atoms. The van der Waals surface area contributed by atoms with Crippen molar-refractivity contribution in [2.45, 2.75) is 18.7 Å². The molecule has 0 saturated carbocycles. The quantitative estimate of drug-likeness (QED) is 0.684. The van der Waals surface area contributed by atoms with E-state index in [1.54, 1.807) is 35.7 Å². The number of nitrogens with one attached hydrogen (secondary N) is 1. The van der Waals surface area contributed by atoms with Crippen LogP contribution in [0.4, 0.5) is 10.8 Å². The molecule has 3 rings (SSSR count). The van der Waals surface area contributed by atoms with Gasteiger partial charge in [0.05, 0.1) is 11.4 Å². The number of sulfonamides is 1. The second kappa shape index (κ2) is 7.85. The molecule has 7 nitrogen and oxygen atoms in total. The highest BCUT2D eigenvalue weighted by atomic mass is 32.2. The molecule has 1 N–H and O–H groups in total. The molecule has 0 saturated heterocycles. The summed E-state index contributed by atoms with van der Waals surface area (Å²) in [7, 11) is -3.96. The van der Waals surface area contributed by atoms with Crippen molar-refractivity contribution in [3.63, 3.8) is 0 Å². The second-order valence-electron chi connectivity index (χ2n) is 5.88. The lowest BCUT2D eigenvalue weighted by atomic mass is 10.2. The number of hydrogen-bond acceptors (Lipinski definition) is 6. The molecule has 27 heavy (non-hydrogen) atoms. The van der Waals surface area contributed by atoms with Crippen molar-refractivity contribution < 1.29 is 13.2 Å². The molecule has 0 aliphatic heterocycles. The van der Waals surface area contributed by atoms with Crippen LogP contribution in [0.3, 0.4) is 0 Å². The Morgan fingerprint density at radius 3 is 2.52 bits per heavy atom. The van der Waals surface area contributed by atoms with Crippen molar-refractivity contribution in [3.05, 3.63) is 65.4 Å². The van der Waals surface area contributed by atoms with Gasteiger partial charge in [-0.1, -0.05) is 17.7 Å². The molecule has 0 radical (unpaired) electrons. The van der Waals surface area contributed by atoms with Crippen LogP contribution in [0.2, 0.25) is 0 Å². The first kappa shape index (κ1) is 19.0. The summed E-state index contributed by atoms with van der Waals surface area (Å²) in [6, 6.07) is 9.92. The van der Waals surface area contributed by atoms with Crippen LogP contribution in [0.15, 0.2) is 59.1 Å². The van der Waals surface area contributed by atoms with E-state index in [1.165, 1.54) is 29.8 Å². The van der Waals surface area contributed by atoms with Crippen molar-refractivity contribution in [1.82, 2.24) is 9.97 Å². The fourth-order valence-electron chi connectivity index (χ4n) is 2.35. The highest BCUT2D eigenvalue weighted by molar-refractivity contribution is 7.92. The van der Waals surface area contributed by atoms with E-state index in [0.29, 0.717) is 10.8 Å². The van der Waals surface area contributed by atoms with Gasteiger partial charge < -0.3 is 5.32 Å². The molecular weight excluding hydrogens is 384 g/mol. The molecule has 0 aliphatic carbocycles. The lowest BCUT2D eigenvalue weighted by molar-refractivity contribution is -0.114. The predicted octanol–water partition coefficient (Wildman–Crippen LogP) is 2.99. The number of aromatic nitrogens is 2. The Kier molecular flexibility index (Phi) is 5.52. The Hall–Kier alpha value is -2.78. The normalized spacial score (nSPS) is 11.2. The molecular formula is C18H18N4O3S2. The van der Waals surface area contributed by atoms with Crippen molar-refractivity contribution in [3.8, 4) is 0 Å². The first-order chi connectivity index (χ1) is 12.9. The highest BCUT2D eigenvalue weighted by Gasteiger charge is 2.27. The number of pyridine rings is 1. The number of amides is 1. The average molecular weight is 403 g/mol. The second-order valence-corrected chi connectivity index (χ2v) is 8.60. The molecule has 1 aromatic carbocycles. The highest BCUT2D eigenvalue weighted by Crippen LogP contribution is 2.24. The number of carbonyl (C=O) groups is 1. The summed E-state index contributed by atoms with van der Waals surface area (Å²) in [5, 5.41) is 4.88. The Bertz CT molecular complexity index is 1030. The Balaban J connectivity index is 1.92. The zero-order valence-electron chi connectivity index (χ0n) is 14.8. The molecule has 1 amide bonds. The third-order valence-corrected chi connectivity index (χ3v) is 6.33. The Morgan fingerprint density at radius 2 is 1.93 bits per heavy atom. The Morgan fingerprint density at radius 1 is 1.19 bits per heavy atom. The largest absolute Gasteiger partial charge is 0.300 e. The van der Waals surface area contributed by atoms with Gasteiger partial charge in [-0.15, -0.1) is 11.3 Å². The van der Waals surface area contributed by atoms with Gasteiger partial charge in [-0.2, -0.15) is 0 Å². The summed E-state index contributed by atoms with van der Waals surface area (Å²) < 4.78 is 27.3. The monoisotopic (exact) mass is 402 g/mol. The minimum absolute atomic E-state index is 0.0171. The summed E-state index contributed by atoms with van der Waals surface area (Å²) in [5.74, 6) is -0.475. The Labute approximate surface area is 161 Å². The molecule has 2 heterocycles. The van der Waals surface area contributed by atoms with Crippen LogP contribution in [-0.2, 0) is 14.8 Å². The van der Waals surface area contributed by atoms with Gasteiger partial charge in [-0.3, -0.25) is 14.1 Å². The molecule has 0 fully saturated rings. The maximum atomic E-state index is 13.1. The van der Waals surface area contributed by atoms with Crippen LogP contribution in [0.1, 0.15) is 11.3 Å². The minimum atomic E-state index is -3.96. The summed E-state index contributed by atoms with van der Waals surface area (Å²) in [6.45, 7) is 3.35. The molecule has 3 aromatic rings. The van der Waals surface area contributed by atoms with Gasteiger partial charge in [0.1, 0.15) is 11.4 Å². The first-order valence-electron chi connectivity index (χ1n) is 8.08. The number of anilines is 2. The van der Waals surface area contributed by atoms with Gasteiger partial charge in [0.25, 0.3) is 10.0 Å². The zero-order valence-corrected chi connectivity index (χ0v) is 16.4. The van der Waals surface area contributed by atoms with E-state index in [9.17, 15) is 13.2 Å². The van der Waals surface area contributed by atoms with Gasteiger partial charge in [-0.05, 0) is 38.1 Å². The molecule has 140 valence electrons. The van der Waals surface area contributed by atoms with Crippen LogP contribution in [0.25, 0.3) is 0 Å². The SMILES string of the molecule is Cc1ccc(N(CC(=O)Nc2nc(C)cs2)S(=O)(=O)c2cccnc2)cc1. The number of hydrogen-bond donors (Lipinski definition) is 1. The summed E-state index contributed by atoms with van der Waals surface area (Å²) >= 11 is 1.29. The number of thiazole rings is 1. The van der Waals surface area contributed by atoms with E-state index >= 15 is 0 Å². The van der Waals surface area contributed by atoms with Crippen LogP contribution >= 0.6 is 11.3 Å². The maximum Gasteiger partial charge on any atom is 0.266 e. The van der Waals surface area contributed by atoms with Crippen LogP contribution in [0, 0.1) is 13.8 Å². The predicted molar refractivity (Wildman–Crippen MR) is 105 cm³/mol. The first-order valence-corrected chi connectivity index (χ1v) is 10.4. The van der Waals surface area contributed by atoms with E-state index in [0.717, 1.165) is 15.6 Å². The third kappa shape index (κ3) is 4.50. The van der Waals surface area contributed by atoms with Gasteiger partial charge in [0.2, 0.25) is 5.91 Å². The van der Waals surface area contributed by atoms with Crippen LogP contribution in [0.5, 0.6) is 0 Å². The van der Waals surface area contributed by atoms with Crippen LogP contribution < -0.4 is 9.62 Å². The van der Waals surface area contributed by atoms with Gasteiger partial charge in [0.15, 0.2) is 5.13 Å². The van der Waals surface area contributed by atoms with Crippen molar-refractivity contribution >= 4 is 38.1 Å². The maximum absolute atomic E-state index is 13.1. The van der Waals surface area contributed by atoms with Crippen molar-refractivity contribution in [2.24, 2.45) is 0 Å². The molecule has 0 aliphatic rings. The molecule has 0 bridgehead atoms. The fraction of sp³-hybridized carbons (Fsp3) is 0.167. The fourth-order valence-corrected chi connectivity index (χ4v) is 4.44. The smallest absolute Gasteiger partial charge is 0.266 e. The summed E-state index contributed by atoms with van der Waals surface area (Å²) in [5.41, 5.74) is 2.17. The average Bonchev–Trinajstić information content (AvgIpc) is 3.06. The molecule has 9 heteroatoms. The van der Waals surface area contributed by atoms with E-state index in [2.05, 4.69) is 15.3 Å². The van der Waals surface area contributed by atoms with E-state index in [-0.39, 0.29) is 11.4 Å².